The van der Waals surface area contributed by atoms with Gasteiger partial charge in [0.15, 0.2) is 0 Å². The van der Waals surface area contributed by atoms with Gasteiger partial charge in [-0.25, -0.2) is 0 Å². The molecule has 0 fully saturated rings. The Morgan fingerprint density at radius 1 is 1.50 bits per heavy atom. The van der Waals surface area contributed by atoms with E-state index in [1.807, 2.05) is 0 Å². The van der Waals surface area contributed by atoms with Gasteiger partial charge in [-0.05, 0) is 23.5 Å². The van der Waals surface area contributed by atoms with Crippen molar-refractivity contribution < 1.29 is 0 Å². The van der Waals surface area contributed by atoms with Crippen molar-refractivity contribution >= 4 is 0 Å². The average Bonchev–Trinajstić information content (AvgIpc) is 1.71. The molecule has 8 heavy (non-hydrogen) atoms. The summed E-state index contributed by atoms with van der Waals surface area (Å²) in [6, 6.07) is 0. The van der Waals surface area contributed by atoms with E-state index in [-0.39, 0.29) is 0 Å². The van der Waals surface area contributed by atoms with Crippen molar-refractivity contribution in [2.75, 3.05) is 13.1 Å². The van der Waals surface area contributed by atoms with Crippen LogP contribution in [0.3, 0.4) is 0 Å². The summed E-state index contributed by atoms with van der Waals surface area (Å²) in [5, 5.41) is 3.11. The Morgan fingerprint density at radius 3 is 1.75 bits per heavy atom. The van der Waals surface area contributed by atoms with Gasteiger partial charge >= 0.3 is 0 Å². The number of hydrogen-bond acceptors (Lipinski definition) is 2. The predicted octanol–water partition coefficient (Wildman–Crippen LogP) is 1.49. The molecule has 0 aliphatic heterocycles. The SMILES string of the molecule is CCNCC.[N-]=[N+]=N. The summed E-state index contributed by atoms with van der Waals surface area (Å²) in [7, 11) is 0. The summed E-state index contributed by atoms with van der Waals surface area (Å²) in [6.45, 7) is 6.39. The summed E-state index contributed by atoms with van der Waals surface area (Å²) in [4.78, 5) is 1.75. The summed E-state index contributed by atoms with van der Waals surface area (Å²) in [6.07, 6.45) is 0. The fraction of sp³-hybridized carbons (Fsp3) is 1.00. The van der Waals surface area contributed by atoms with Gasteiger partial charge in [-0.15, -0.1) is 5.53 Å². The van der Waals surface area contributed by atoms with E-state index in [2.05, 4.69) is 19.2 Å². The summed E-state index contributed by atoms with van der Waals surface area (Å²) in [5.74, 6) is 0. The maximum absolute atomic E-state index is 6.86. The molecule has 0 rings (SSSR count). The highest BCUT2D eigenvalue weighted by Gasteiger charge is 1.62. The van der Waals surface area contributed by atoms with Crippen molar-refractivity contribution in [2.24, 2.45) is 0 Å². The van der Waals surface area contributed by atoms with Crippen LogP contribution in [0.15, 0.2) is 0 Å². The van der Waals surface area contributed by atoms with E-state index in [9.17, 15) is 0 Å². The Hall–Kier alpha value is -0.730. The smallest absolute Gasteiger partial charge is 0.00208 e. The van der Waals surface area contributed by atoms with Gasteiger partial charge in [-0.3, -0.25) is 0 Å². The zero-order chi connectivity index (χ0) is 6.83. The molecule has 4 heteroatoms. The van der Waals surface area contributed by atoms with Crippen LogP contribution in [0.1, 0.15) is 13.8 Å². The van der Waals surface area contributed by atoms with Crippen molar-refractivity contribution in [3.8, 4) is 0 Å². The minimum Gasteiger partial charge on any atom is -0.317 e. The van der Waals surface area contributed by atoms with Gasteiger partial charge in [-0.1, -0.05) is 13.8 Å². The second-order valence-electron chi connectivity index (χ2n) is 1.06. The van der Waals surface area contributed by atoms with E-state index in [0.29, 0.717) is 0 Å². The standard InChI is InChI=1S/C4H11N.HN3/c1-3-5-4-2;1-3-2/h5H,3-4H2,1-2H3;1H. The largest absolute Gasteiger partial charge is 0.317 e. The first-order valence-electron chi connectivity index (χ1n) is 2.54. The van der Waals surface area contributed by atoms with Crippen LogP contribution in [0.2, 0.25) is 0 Å². The van der Waals surface area contributed by atoms with Crippen LogP contribution in [0, 0.1) is 5.53 Å². The lowest BCUT2D eigenvalue weighted by Gasteiger charge is -1.86. The molecule has 2 N–H and O–H groups in total. The molecule has 0 spiro atoms. The fourth-order valence-corrected chi connectivity index (χ4v) is 0.250. The molecule has 0 atom stereocenters. The first-order chi connectivity index (χ1) is 3.83. The molecule has 0 bridgehead atoms. The highest BCUT2D eigenvalue weighted by Crippen LogP contribution is 1.47. The maximum atomic E-state index is 6.86. The Bertz CT molecular complexity index is 53.1. The molecule has 0 aromatic heterocycles. The molecule has 0 aliphatic carbocycles. The topological polar surface area (TPSA) is 72.3 Å². The lowest BCUT2D eigenvalue weighted by Crippen LogP contribution is -2.09. The quantitative estimate of drug-likeness (QED) is 0.320. The third-order valence-electron chi connectivity index (χ3n) is 0.500. The number of nitrogens with one attached hydrogen (secondary N) is 2. The maximum Gasteiger partial charge on any atom is -0.00208 e. The monoisotopic (exact) mass is 116 g/mol. The molecule has 0 amide bonds. The number of nitrogens with zero attached hydrogens (tertiary/aromatic N) is 2. The molecule has 0 aliphatic rings. The molecule has 0 aromatic carbocycles. The van der Waals surface area contributed by atoms with Crippen molar-refractivity contribution in [3.05, 3.63) is 10.4 Å². The van der Waals surface area contributed by atoms with Crippen LogP contribution < -0.4 is 5.32 Å². The highest BCUT2D eigenvalue weighted by atomic mass is 15.0. The summed E-state index contributed by atoms with van der Waals surface area (Å²) < 4.78 is 0. The van der Waals surface area contributed by atoms with Gasteiger partial charge in [0, 0.05) is 0 Å². The molecule has 0 saturated carbocycles. The molecule has 0 heterocycles. The number of rotatable bonds is 2. The highest BCUT2D eigenvalue weighted by molar-refractivity contribution is 4.27. The Labute approximate surface area is 49.3 Å². The van der Waals surface area contributed by atoms with Crippen LogP contribution in [0.25, 0.3) is 10.4 Å². The van der Waals surface area contributed by atoms with E-state index >= 15 is 0 Å². The zero-order valence-electron chi connectivity index (χ0n) is 5.31. The minimum absolute atomic E-state index is 1.09. The average molecular weight is 116 g/mol. The second-order valence-corrected chi connectivity index (χ2v) is 1.06. The van der Waals surface area contributed by atoms with Crippen LogP contribution in [-0.2, 0) is 0 Å². The molecular weight excluding hydrogens is 104 g/mol. The number of hydrogen-bond donors (Lipinski definition) is 2. The third kappa shape index (κ3) is 59.6. The molecule has 0 saturated heterocycles. The first-order valence-corrected chi connectivity index (χ1v) is 2.54. The third-order valence-corrected chi connectivity index (χ3v) is 0.500. The Kier molecular flexibility index (Phi) is 20.9. The summed E-state index contributed by atoms with van der Waals surface area (Å²) in [5.41, 5.74) is 12.2. The lowest BCUT2D eigenvalue weighted by molar-refractivity contribution is 0.762. The molecular formula is C4H12N4. The van der Waals surface area contributed by atoms with Crippen molar-refractivity contribution in [1.29, 1.82) is 5.53 Å². The van der Waals surface area contributed by atoms with Crippen molar-refractivity contribution in [3.63, 3.8) is 0 Å². The van der Waals surface area contributed by atoms with Gasteiger partial charge in [0.25, 0.3) is 0 Å². The molecule has 48 valence electrons. The molecule has 0 aromatic rings. The van der Waals surface area contributed by atoms with Crippen molar-refractivity contribution in [1.82, 2.24) is 5.32 Å². The molecule has 0 radical (unpaired) electrons. The van der Waals surface area contributed by atoms with Crippen LogP contribution >= 0.6 is 0 Å². The van der Waals surface area contributed by atoms with E-state index in [4.69, 9.17) is 11.1 Å². The van der Waals surface area contributed by atoms with Crippen LogP contribution in [0.4, 0.5) is 0 Å². The predicted molar refractivity (Wildman–Crippen MR) is 33.7 cm³/mol. The first kappa shape index (κ1) is 10.3. The normalized spacial score (nSPS) is 6.25. The Balaban J connectivity index is 0. The van der Waals surface area contributed by atoms with E-state index in [0.717, 1.165) is 13.1 Å². The molecule has 4 nitrogen and oxygen atoms in total. The van der Waals surface area contributed by atoms with Gasteiger partial charge in [0.1, 0.15) is 0 Å². The fourth-order valence-electron chi connectivity index (χ4n) is 0.250. The van der Waals surface area contributed by atoms with Gasteiger partial charge in [-0.2, -0.15) is 0 Å². The van der Waals surface area contributed by atoms with Crippen LogP contribution in [-0.4, -0.2) is 13.1 Å². The van der Waals surface area contributed by atoms with E-state index in [1.54, 1.807) is 4.91 Å². The van der Waals surface area contributed by atoms with Gasteiger partial charge in [0.05, 0.1) is 0 Å². The van der Waals surface area contributed by atoms with Crippen molar-refractivity contribution in [2.45, 2.75) is 13.8 Å². The lowest BCUT2D eigenvalue weighted by atomic mass is 10.7. The van der Waals surface area contributed by atoms with E-state index in [1.165, 1.54) is 0 Å². The molecule has 0 unspecified atom stereocenters. The van der Waals surface area contributed by atoms with Gasteiger partial charge in [0.2, 0.25) is 0 Å². The minimum atomic E-state index is 1.09. The van der Waals surface area contributed by atoms with Crippen LogP contribution in [0.5, 0.6) is 0 Å². The van der Waals surface area contributed by atoms with E-state index < -0.39 is 0 Å². The second kappa shape index (κ2) is 16.3. The van der Waals surface area contributed by atoms with Gasteiger partial charge < -0.3 is 5.32 Å². The summed E-state index contributed by atoms with van der Waals surface area (Å²) >= 11 is 0. The zero-order valence-corrected chi connectivity index (χ0v) is 5.31. The Morgan fingerprint density at radius 2 is 1.75 bits per heavy atom.